The minimum absolute atomic E-state index is 0. The Morgan fingerprint density at radius 3 is 2.05 bits per heavy atom. The van der Waals surface area contributed by atoms with Crippen LogP contribution in [0.4, 0.5) is 0 Å². The molecule has 0 aliphatic heterocycles. The number of carboxylic acid groups (broad SMARTS) is 1. The van der Waals surface area contributed by atoms with Crippen LogP contribution >= 0.6 is 0 Å². The number of carbonyl (C=O) groups excluding carboxylic acids is 2. The van der Waals surface area contributed by atoms with Crippen LogP contribution in [0.5, 0.6) is 0 Å². The van der Waals surface area contributed by atoms with Crippen molar-refractivity contribution in [3.05, 3.63) is 0 Å². The summed E-state index contributed by atoms with van der Waals surface area (Å²) in [6, 6.07) is -1.03. The first-order chi connectivity index (χ1) is 9.97. The first-order valence-electron chi connectivity index (χ1n) is 7.77. The average Bonchev–Trinajstić information content (AvgIpc) is 2.41. The normalized spacial score (nSPS) is 11.3. The summed E-state index contributed by atoms with van der Waals surface area (Å²) in [5.74, 6) is -1.98. The van der Waals surface area contributed by atoms with E-state index in [0.29, 0.717) is 6.42 Å². The number of aliphatic carboxylic acids is 1. The number of rotatable bonds is 13. The molecule has 4 N–H and O–H groups in total. The first-order valence-corrected chi connectivity index (χ1v) is 7.77. The predicted octanol–water partition coefficient (Wildman–Crippen LogP) is 1.31. The van der Waals surface area contributed by atoms with Gasteiger partial charge in [0.2, 0.25) is 11.8 Å². The van der Waals surface area contributed by atoms with Crippen molar-refractivity contribution < 1.29 is 19.5 Å². The van der Waals surface area contributed by atoms with Gasteiger partial charge in [-0.25, -0.2) is 4.79 Å². The van der Waals surface area contributed by atoms with Gasteiger partial charge < -0.3 is 16.2 Å². The van der Waals surface area contributed by atoms with Crippen LogP contribution in [-0.2, 0) is 14.4 Å². The van der Waals surface area contributed by atoms with Gasteiger partial charge in [0.05, 0.1) is 0 Å². The number of unbranched alkanes of at least 4 members (excludes halogenated alkanes) is 6. The summed E-state index contributed by atoms with van der Waals surface area (Å²) < 4.78 is 0. The summed E-state index contributed by atoms with van der Waals surface area (Å²) in [5.41, 5.74) is 4.98. The number of carboxylic acids is 1. The van der Waals surface area contributed by atoms with Crippen LogP contribution in [0.25, 0.3) is 0 Å². The van der Waals surface area contributed by atoms with Gasteiger partial charge in [-0.05, 0) is 12.8 Å². The Balaban J connectivity index is 0. The van der Waals surface area contributed by atoms with Crippen LogP contribution in [0, 0.1) is 0 Å². The summed E-state index contributed by atoms with van der Waals surface area (Å²) in [7, 11) is 0. The van der Waals surface area contributed by atoms with E-state index in [2.05, 4.69) is 12.2 Å². The second-order valence-corrected chi connectivity index (χ2v) is 5.33. The molecule has 1 atom stereocenters. The Labute approximate surface area is 154 Å². The molecular weight excluding hydrogens is 295 g/mol. The van der Waals surface area contributed by atoms with Crippen molar-refractivity contribution in [3.63, 3.8) is 0 Å². The Hall–Kier alpha value is -0.590. The zero-order valence-electron chi connectivity index (χ0n) is 12.9. The van der Waals surface area contributed by atoms with E-state index >= 15 is 0 Å². The zero-order valence-corrected chi connectivity index (χ0v) is 12.9. The maximum absolute atomic E-state index is 11.6. The Morgan fingerprint density at radius 1 is 1.00 bits per heavy atom. The molecule has 0 radical (unpaired) electrons. The molecule has 0 aromatic heterocycles. The van der Waals surface area contributed by atoms with Crippen molar-refractivity contribution in [1.82, 2.24) is 5.32 Å². The predicted molar refractivity (Wildman–Crippen MR) is 87.8 cm³/mol. The van der Waals surface area contributed by atoms with Gasteiger partial charge in [-0.15, -0.1) is 0 Å². The molecule has 0 rings (SSSR count). The van der Waals surface area contributed by atoms with Crippen molar-refractivity contribution >= 4 is 47.3 Å². The molecule has 0 saturated heterocycles. The standard InChI is InChI=1S/C15H28N2O4.Na.H/c1-2-3-4-5-6-7-8-9-14(19)17-12(15(20)21)10-11-13(16)18;;/h12H,2-11H2,1H3,(H2,16,18)(H,17,19)(H,20,21);;/t12-;;/m0../s1. The molecule has 0 bridgehead atoms. The number of hydrogen-bond acceptors (Lipinski definition) is 3. The van der Waals surface area contributed by atoms with E-state index in [9.17, 15) is 14.4 Å². The minimum atomic E-state index is -1.14. The van der Waals surface area contributed by atoms with Crippen molar-refractivity contribution in [2.24, 2.45) is 5.73 Å². The van der Waals surface area contributed by atoms with Gasteiger partial charge in [0.25, 0.3) is 0 Å². The Bertz CT molecular complexity index is 338. The van der Waals surface area contributed by atoms with Gasteiger partial charge in [-0.3, -0.25) is 9.59 Å². The van der Waals surface area contributed by atoms with Crippen LogP contribution in [0.15, 0.2) is 0 Å². The van der Waals surface area contributed by atoms with E-state index in [-0.39, 0.29) is 48.3 Å². The molecular formula is C15H29N2NaO4. The van der Waals surface area contributed by atoms with E-state index in [1.807, 2.05) is 0 Å². The topological polar surface area (TPSA) is 109 Å². The van der Waals surface area contributed by atoms with E-state index < -0.39 is 17.9 Å². The quantitative estimate of drug-likeness (QED) is 0.350. The number of primary amides is 1. The fourth-order valence-corrected chi connectivity index (χ4v) is 2.05. The molecule has 7 heteroatoms. The van der Waals surface area contributed by atoms with E-state index in [4.69, 9.17) is 10.8 Å². The molecule has 22 heavy (non-hydrogen) atoms. The number of amides is 2. The van der Waals surface area contributed by atoms with Crippen LogP contribution in [-0.4, -0.2) is 58.5 Å². The van der Waals surface area contributed by atoms with Crippen LogP contribution in [0.3, 0.4) is 0 Å². The fourth-order valence-electron chi connectivity index (χ4n) is 2.05. The average molecular weight is 324 g/mol. The molecule has 0 heterocycles. The van der Waals surface area contributed by atoms with E-state index in [0.717, 1.165) is 19.3 Å². The molecule has 0 saturated carbocycles. The third-order valence-corrected chi connectivity index (χ3v) is 3.32. The van der Waals surface area contributed by atoms with Gasteiger partial charge in [0.15, 0.2) is 0 Å². The molecule has 0 aromatic carbocycles. The van der Waals surface area contributed by atoms with Crippen molar-refractivity contribution in [1.29, 1.82) is 0 Å². The summed E-state index contributed by atoms with van der Waals surface area (Å²) in [6.07, 6.45) is 8.05. The molecule has 124 valence electrons. The fraction of sp³-hybridized carbons (Fsp3) is 0.800. The number of nitrogens with two attached hydrogens (primary N) is 1. The molecule has 6 nitrogen and oxygen atoms in total. The van der Waals surface area contributed by atoms with Crippen LogP contribution < -0.4 is 11.1 Å². The SMILES string of the molecule is CCCCCCCCCC(=O)N[C@@H](CCC(N)=O)C(=O)O.[NaH]. The number of hydrogen-bond donors (Lipinski definition) is 3. The molecule has 0 aliphatic carbocycles. The van der Waals surface area contributed by atoms with Crippen molar-refractivity contribution in [3.8, 4) is 0 Å². The van der Waals surface area contributed by atoms with Gasteiger partial charge in [-0.1, -0.05) is 45.4 Å². The van der Waals surface area contributed by atoms with Gasteiger partial charge >= 0.3 is 35.5 Å². The van der Waals surface area contributed by atoms with E-state index in [1.165, 1.54) is 25.7 Å². The Kier molecular flexibility index (Phi) is 16.5. The second kappa shape index (κ2) is 15.3. The summed E-state index contributed by atoms with van der Waals surface area (Å²) in [4.78, 5) is 33.3. The molecule has 0 spiro atoms. The number of nitrogens with one attached hydrogen (secondary N) is 1. The van der Waals surface area contributed by atoms with Crippen LogP contribution in [0.1, 0.15) is 71.1 Å². The maximum atomic E-state index is 11.6. The summed E-state index contributed by atoms with van der Waals surface area (Å²) in [5, 5.41) is 11.4. The molecule has 0 unspecified atom stereocenters. The van der Waals surface area contributed by atoms with Gasteiger partial charge in [-0.2, -0.15) is 0 Å². The third-order valence-electron chi connectivity index (χ3n) is 3.32. The third kappa shape index (κ3) is 14.4. The van der Waals surface area contributed by atoms with Crippen molar-refractivity contribution in [2.75, 3.05) is 0 Å². The molecule has 2 amide bonds. The Morgan fingerprint density at radius 2 is 1.55 bits per heavy atom. The van der Waals surface area contributed by atoms with Gasteiger partial charge in [0, 0.05) is 12.8 Å². The van der Waals surface area contributed by atoms with E-state index in [1.54, 1.807) is 0 Å². The summed E-state index contributed by atoms with van der Waals surface area (Å²) >= 11 is 0. The number of carbonyl (C=O) groups is 3. The van der Waals surface area contributed by atoms with Crippen LogP contribution in [0.2, 0.25) is 0 Å². The molecule has 0 aliphatic rings. The van der Waals surface area contributed by atoms with Crippen molar-refractivity contribution in [2.45, 2.75) is 77.2 Å². The summed E-state index contributed by atoms with van der Waals surface area (Å²) in [6.45, 7) is 2.17. The van der Waals surface area contributed by atoms with Gasteiger partial charge in [0.1, 0.15) is 6.04 Å². The second-order valence-electron chi connectivity index (χ2n) is 5.33. The zero-order chi connectivity index (χ0) is 16.1. The molecule has 0 fully saturated rings. The first kappa shape index (κ1) is 23.7. The molecule has 0 aromatic rings. The monoisotopic (exact) mass is 324 g/mol.